The maximum absolute atomic E-state index is 12.3. The second-order valence-corrected chi connectivity index (χ2v) is 11.9. The maximum Gasteiger partial charge on any atom is 0.220 e. The van der Waals surface area contributed by atoms with Crippen LogP contribution in [0.2, 0.25) is 0 Å². The molecule has 0 saturated carbocycles. The summed E-state index contributed by atoms with van der Waals surface area (Å²) in [6, 6.07) is 32.6. The van der Waals surface area contributed by atoms with Gasteiger partial charge in [0.2, 0.25) is 11.8 Å². The zero-order valence-electron chi connectivity index (χ0n) is 28.4. The SMILES string of the molecule is COc1ccccc1CNCc1ccc(CNC(=O)CCCCCCC(=O)NCc2ccc(CNCc3ccccc3OC)cc2)cc1. The zero-order valence-corrected chi connectivity index (χ0v) is 28.4. The van der Waals surface area contributed by atoms with E-state index in [2.05, 4.69) is 81.9 Å². The molecule has 0 aliphatic rings. The summed E-state index contributed by atoms with van der Waals surface area (Å²) in [6.45, 7) is 4.03. The van der Waals surface area contributed by atoms with Gasteiger partial charge in [-0.05, 0) is 47.2 Å². The summed E-state index contributed by atoms with van der Waals surface area (Å²) >= 11 is 0. The van der Waals surface area contributed by atoms with E-state index in [-0.39, 0.29) is 11.8 Å². The summed E-state index contributed by atoms with van der Waals surface area (Å²) in [6.07, 6.45) is 4.52. The number of benzene rings is 4. The van der Waals surface area contributed by atoms with Gasteiger partial charge in [0.15, 0.2) is 0 Å². The fourth-order valence-electron chi connectivity index (χ4n) is 5.43. The molecule has 254 valence electrons. The second-order valence-electron chi connectivity index (χ2n) is 11.9. The Morgan fingerprint density at radius 1 is 0.458 bits per heavy atom. The smallest absolute Gasteiger partial charge is 0.220 e. The lowest BCUT2D eigenvalue weighted by Gasteiger charge is -2.10. The van der Waals surface area contributed by atoms with Crippen LogP contribution in [0.1, 0.15) is 71.9 Å². The predicted molar refractivity (Wildman–Crippen MR) is 191 cm³/mol. The third-order valence-electron chi connectivity index (χ3n) is 8.26. The zero-order chi connectivity index (χ0) is 33.8. The van der Waals surface area contributed by atoms with Crippen LogP contribution in [0.3, 0.4) is 0 Å². The lowest BCUT2D eigenvalue weighted by atomic mass is 10.1. The number of methoxy groups -OCH3 is 2. The molecule has 0 atom stereocenters. The Bertz CT molecular complexity index is 1420. The summed E-state index contributed by atoms with van der Waals surface area (Å²) in [4.78, 5) is 24.6. The van der Waals surface area contributed by atoms with Crippen molar-refractivity contribution in [2.24, 2.45) is 0 Å². The number of hydrogen-bond acceptors (Lipinski definition) is 6. The summed E-state index contributed by atoms with van der Waals surface area (Å²) in [5.74, 6) is 1.90. The van der Waals surface area contributed by atoms with Crippen molar-refractivity contribution in [3.05, 3.63) is 130 Å². The van der Waals surface area contributed by atoms with E-state index in [0.717, 1.165) is 85.6 Å². The lowest BCUT2D eigenvalue weighted by molar-refractivity contribution is -0.122. The number of unbranched alkanes of at least 4 members (excludes halogenated alkanes) is 3. The van der Waals surface area contributed by atoms with Crippen LogP contribution in [-0.4, -0.2) is 26.0 Å². The van der Waals surface area contributed by atoms with Crippen molar-refractivity contribution in [1.82, 2.24) is 21.3 Å². The van der Waals surface area contributed by atoms with E-state index in [1.165, 1.54) is 11.1 Å². The van der Waals surface area contributed by atoms with Crippen LogP contribution in [0.15, 0.2) is 97.1 Å². The monoisotopic (exact) mass is 650 g/mol. The van der Waals surface area contributed by atoms with Gasteiger partial charge in [-0.2, -0.15) is 0 Å². The van der Waals surface area contributed by atoms with Gasteiger partial charge in [0, 0.05) is 63.2 Å². The van der Waals surface area contributed by atoms with Crippen molar-refractivity contribution in [2.75, 3.05) is 14.2 Å². The van der Waals surface area contributed by atoms with E-state index in [1.807, 2.05) is 36.4 Å². The van der Waals surface area contributed by atoms with E-state index in [0.29, 0.717) is 25.9 Å². The fourth-order valence-corrected chi connectivity index (χ4v) is 5.43. The Balaban J connectivity index is 0.995. The topological polar surface area (TPSA) is 101 Å². The molecular weight excluding hydrogens is 600 g/mol. The molecule has 0 spiro atoms. The summed E-state index contributed by atoms with van der Waals surface area (Å²) in [5.41, 5.74) is 6.79. The van der Waals surface area contributed by atoms with E-state index in [9.17, 15) is 9.59 Å². The number of ether oxygens (including phenoxy) is 2. The molecule has 0 bridgehead atoms. The molecule has 4 rings (SSSR count). The first-order valence-electron chi connectivity index (χ1n) is 16.9. The minimum absolute atomic E-state index is 0.0634. The van der Waals surface area contributed by atoms with Gasteiger partial charge in [-0.3, -0.25) is 9.59 Å². The van der Waals surface area contributed by atoms with Crippen LogP contribution in [0.4, 0.5) is 0 Å². The molecule has 4 aromatic carbocycles. The van der Waals surface area contributed by atoms with Crippen molar-refractivity contribution in [3.63, 3.8) is 0 Å². The van der Waals surface area contributed by atoms with Crippen molar-refractivity contribution < 1.29 is 19.1 Å². The molecule has 0 aliphatic carbocycles. The second kappa shape index (κ2) is 20.5. The van der Waals surface area contributed by atoms with Gasteiger partial charge < -0.3 is 30.7 Å². The van der Waals surface area contributed by atoms with Gasteiger partial charge >= 0.3 is 0 Å². The number of nitrogens with one attached hydrogen (secondary N) is 4. The number of carbonyl (C=O) groups is 2. The minimum atomic E-state index is 0.0634. The number of para-hydroxylation sites is 2. The number of amides is 2. The average molecular weight is 651 g/mol. The van der Waals surface area contributed by atoms with Crippen LogP contribution in [0, 0.1) is 0 Å². The Labute approximate surface area is 285 Å². The van der Waals surface area contributed by atoms with Crippen molar-refractivity contribution in [1.29, 1.82) is 0 Å². The predicted octanol–water partition coefficient (Wildman–Crippen LogP) is 6.56. The molecule has 4 N–H and O–H groups in total. The van der Waals surface area contributed by atoms with Crippen molar-refractivity contribution in [3.8, 4) is 11.5 Å². The van der Waals surface area contributed by atoms with E-state index < -0.39 is 0 Å². The van der Waals surface area contributed by atoms with Gasteiger partial charge in [0.05, 0.1) is 14.2 Å². The standard InChI is InChI=1S/C40H50N4O4/c1-47-37-13-9-7-11-35(37)29-41-25-31-17-21-33(22-18-31)27-43-39(45)15-5-3-4-6-16-40(46)44-28-34-23-19-32(20-24-34)26-42-30-36-12-8-10-14-38(36)48-2/h7-14,17-24,41-42H,3-6,15-16,25-30H2,1-2H3,(H,43,45)(H,44,46). The van der Waals surface area contributed by atoms with Gasteiger partial charge in [0.1, 0.15) is 11.5 Å². The molecule has 48 heavy (non-hydrogen) atoms. The third kappa shape index (κ3) is 12.9. The molecule has 0 fully saturated rings. The first-order chi connectivity index (χ1) is 23.5. The van der Waals surface area contributed by atoms with Gasteiger partial charge in [0.25, 0.3) is 0 Å². The summed E-state index contributed by atoms with van der Waals surface area (Å²) in [7, 11) is 3.38. The highest BCUT2D eigenvalue weighted by Gasteiger charge is 2.06. The lowest BCUT2D eigenvalue weighted by Crippen LogP contribution is -2.22. The van der Waals surface area contributed by atoms with E-state index >= 15 is 0 Å². The third-order valence-corrected chi connectivity index (χ3v) is 8.26. The first-order valence-corrected chi connectivity index (χ1v) is 16.9. The molecule has 0 unspecified atom stereocenters. The summed E-state index contributed by atoms with van der Waals surface area (Å²) in [5, 5.41) is 13.0. The molecule has 0 aliphatic heterocycles. The normalized spacial score (nSPS) is 10.8. The Morgan fingerprint density at radius 3 is 1.19 bits per heavy atom. The van der Waals surface area contributed by atoms with Crippen LogP contribution >= 0.6 is 0 Å². The molecule has 2 amide bonds. The Morgan fingerprint density at radius 2 is 0.812 bits per heavy atom. The maximum atomic E-state index is 12.3. The molecular formula is C40H50N4O4. The molecule has 0 aromatic heterocycles. The van der Waals surface area contributed by atoms with Crippen LogP contribution < -0.4 is 30.7 Å². The van der Waals surface area contributed by atoms with Gasteiger partial charge in [-0.15, -0.1) is 0 Å². The van der Waals surface area contributed by atoms with Crippen molar-refractivity contribution in [2.45, 2.75) is 77.8 Å². The highest BCUT2D eigenvalue weighted by atomic mass is 16.5. The quantitative estimate of drug-likeness (QED) is 0.0763. The molecule has 0 heterocycles. The minimum Gasteiger partial charge on any atom is -0.496 e. The van der Waals surface area contributed by atoms with E-state index in [4.69, 9.17) is 9.47 Å². The van der Waals surface area contributed by atoms with Crippen molar-refractivity contribution >= 4 is 11.8 Å². The largest absolute Gasteiger partial charge is 0.496 e. The Hall–Kier alpha value is -4.66. The molecule has 8 nitrogen and oxygen atoms in total. The summed E-state index contributed by atoms with van der Waals surface area (Å²) < 4.78 is 10.8. The highest BCUT2D eigenvalue weighted by Crippen LogP contribution is 2.18. The first kappa shape index (κ1) is 36.2. The highest BCUT2D eigenvalue weighted by molar-refractivity contribution is 5.76. The molecule has 8 heteroatoms. The van der Waals surface area contributed by atoms with Crippen LogP contribution in [0.5, 0.6) is 11.5 Å². The van der Waals surface area contributed by atoms with Gasteiger partial charge in [-0.25, -0.2) is 0 Å². The van der Waals surface area contributed by atoms with Crippen LogP contribution in [-0.2, 0) is 48.9 Å². The molecule has 0 radical (unpaired) electrons. The van der Waals surface area contributed by atoms with Crippen LogP contribution in [0.25, 0.3) is 0 Å². The van der Waals surface area contributed by atoms with E-state index in [1.54, 1.807) is 14.2 Å². The molecule has 0 saturated heterocycles. The Kier molecular flexibility index (Phi) is 15.5. The average Bonchev–Trinajstić information content (AvgIpc) is 3.12. The fraction of sp³-hybridized carbons (Fsp3) is 0.350. The molecule has 4 aromatic rings. The number of rotatable bonds is 21. The number of carbonyl (C=O) groups excluding carboxylic acids is 2. The van der Waals surface area contributed by atoms with Gasteiger partial charge in [-0.1, -0.05) is 97.8 Å². The number of hydrogen-bond donors (Lipinski definition) is 4.